The summed E-state index contributed by atoms with van der Waals surface area (Å²) in [6, 6.07) is 6.82. The van der Waals surface area contributed by atoms with Gasteiger partial charge in [-0.05, 0) is 30.2 Å². The van der Waals surface area contributed by atoms with E-state index < -0.39 is 5.91 Å². The quantitative estimate of drug-likeness (QED) is 0.788. The molecule has 5 nitrogen and oxygen atoms in total. The first-order valence-electron chi connectivity index (χ1n) is 6.20. The number of carbonyl (C=O) groups is 1. The van der Waals surface area contributed by atoms with Crippen LogP contribution in [0.4, 0.5) is 11.5 Å². The van der Waals surface area contributed by atoms with Crippen LogP contribution in [-0.2, 0) is 6.42 Å². The van der Waals surface area contributed by atoms with Crippen LogP contribution >= 0.6 is 23.2 Å². The molecule has 7 heteroatoms. The zero-order chi connectivity index (χ0) is 15.4. The van der Waals surface area contributed by atoms with Gasteiger partial charge in [0.2, 0.25) is 0 Å². The van der Waals surface area contributed by atoms with Crippen LogP contribution in [-0.4, -0.2) is 17.4 Å². The highest BCUT2D eigenvalue weighted by Gasteiger charge is 2.10. The molecule has 0 spiro atoms. The second kappa shape index (κ2) is 6.65. The summed E-state index contributed by atoms with van der Waals surface area (Å²) in [5, 5.41) is 4.25. The molecule has 0 radical (unpaired) electrons. The zero-order valence-electron chi connectivity index (χ0n) is 11.1. The number of primary amides is 1. The van der Waals surface area contributed by atoms with Crippen molar-refractivity contribution in [1.29, 1.82) is 0 Å². The van der Waals surface area contributed by atoms with E-state index in [2.05, 4.69) is 10.3 Å². The van der Waals surface area contributed by atoms with Crippen LogP contribution < -0.4 is 16.8 Å². The number of halogens is 2. The van der Waals surface area contributed by atoms with Crippen molar-refractivity contribution in [2.45, 2.75) is 6.42 Å². The van der Waals surface area contributed by atoms with Crippen molar-refractivity contribution < 1.29 is 4.79 Å². The Kier molecular flexibility index (Phi) is 4.88. The molecule has 110 valence electrons. The van der Waals surface area contributed by atoms with E-state index in [9.17, 15) is 4.79 Å². The van der Waals surface area contributed by atoms with Gasteiger partial charge in [0.05, 0.1) is 17.4 Å². The van der Waals surface area contributed by atoms with Crippen molar-refractivity contribution in [1.82, 2.24) is 4.98 Å². The molecular formula is C14H14Cl2N4O. The topological polar surface area (TPSA) is 94.0 Å². The number of nitrogen functional groups attached to an aromatic ring is 1. The van der Waals surface area contributed by atoms with Gasteiger partial charge in [-0.25, -0.2) is 4.98 Å². The van der Waals surface area contributed by atoms with Crippen molar-refractivity contribution in [3.05, 3.63) is 51.6 Å². The lowest BCUT2D eigenvalue weighted by molar-refractivity contribution is 0.100. The smallest absolute Gasteiger partial charge is 0.252 e. The first kappa shape index (κ1) is 15.4. The molecule has 1 aromatic carbocycles. The Morgan fingerprint density at radius 2 is 2.05 bits per heavy atom. The molecule has 0 unspecified atom stereocenters. The van der Waals surface area contributed by atoms with Crippen molar-refractivity contribution in [3.63, 3.8) is 0 Å². The van der Waals surface area contributed by atoms with Crippen LogP contribution in [0, 0.1) is 0 Å². The largest absolute Gasteiger partial charge is 0.397 e. The van der Waals surface area contributed by atoms with Crippen molar-refractivity contribution in [2.75, 3.05) is 17.6 Å². The summed E-state index contributed by atoms with van der Waals surface area (Å²) in [7, 11) is 0. The Morgan fingerprint density at radius 3 is 2.71 bits per heavy atom. The number of nitrogens with two attached hydrogens (primary N) is 2. The second-order valence-electron chi connectivity index (χ2n) is 4.44. The predicted molar refractivity (Wildman–Crippen MR) is 85.8 cm³/mol. The summed E-state index contributed by atoms with van der Waals surface area (Å²) < 4.78 is 0. The molecule has 1 heterocycles. The molecule has 0 aliphatic carbocycles. The summed E-state index contributed by atoms with van der Waals surface area (Å²) in [6.07, 6.45) is 2.12. The maximum Gasteiger partial charge on any atom is 0.252 e. The van der Waals surface area contributed by atoms with Crippen LogP contribution in [0.5, 0.6) is 0 Å². The van der Waals surface area contributed by atoms with Crippen LogP contribution in [0.1, 0.15) is 15.9 Å². The van der Waals surface area contributed by atoms with Gasteiger partial charge >= 0.3 is 0 Å². The maximum atomic E-state index is 11.3. The van der Waals surface area contributed by atoms with Crippen LogP contribution in [0.15, 0.2) is 30.5 Å². The standard InChI is InChI=1S/C14H14Cl2N4O/c15-9-2-1-8(12(16)5-9)3-4-19-14-11(13(18)21)6-10(17)7-20-14/h1-2,5-7H,3-4,17H2,(H2,18,21)(H,19,20). The molecule has 0 bridgehead atoms. The third kappa shape index (κ3) is 4.00. The average Bonchev–Trinajstić information content (AvgIpc) is 2.42. The summed E-state index contributed by atoms with van der Waals surface area (Å²) >= 11 is 11.9. The number of nitrogens with one attached hydrogen (secondary N) is 1. The van der Waals surface area contributed by atoms with Gasteiger partial charge in [0, 0.05) is 16.6 Å². The molecule has 21 heavy (non-hydrogen) atoms. The molecule has 0 atom stereocenters. The van der Waals surface area contributed by atoms with Crippen LogP contribution in [0.2, 0.25) is 10.0 Å². The lowest BCUT2D eigenvalue weighted by Gasteiger charge is -2.10. The molecular weight excluding hydrogens is 311 g/mol. The lowest BCUT2D eigenvalue weighted by atomic mass is 10.1. The predicted octanol–water partition coefficient (Wildman–Crippen LogP) is 2.72. The normalized spacial score (nSPS) is 10.4. The molecule has 1 amide bonds. The van der Waals surface area contributed by atoms with E-state index in [0.29, 0.717) is 34.5 Å². The Bertz CT molecular complexity index is 676. The Balaban J connectivity index is 2.05. The molecule has 0 aliphatic heterocycles. The monoisotopic (exact) mass is 324 g/mol. The molecule has 0 saturated heterocycles. The highest BCUT2D eigenvalue weighted by molar-refractivity contribution is 6.35. The van der Waals surface area contributed by atoms with Gasteiger partial charge in [0.25, 0.3) is 5.91 Å². The van der Waals surface area contributed by atoms with Gasteiger partial charge in [0.15, 0.2) is 0 Å². The first-order chi connectivity index (χ1) is 9.97. The third-order valence-electron chi connectivity index (χ3n) is 2.88. The Labute approximate surface area is 132 Å². The van der Waals surface area contributed by atoms with E-state index in [0.717, 1.165) is 5.56 Å². The van der Waals surface area contributed by atoms with Crippen LogP contribution in [0.3, 0.4) is 0 Å². The summed E-state index contributed by atoms with van der Waals surface area (Å²) in [6.45, 7) is 0.540. The minimum Gasteiger partial charge on any atom is -0.397 e. The van der Waals surface area contributed by atoms with Gasteiger partial charge in [-0.15, -0.1) is 0 Å². The number of anilines is 2. The summed E-state index contributed by atoms with van der Waals surface area (Å²) in [5.41, 5.74) is 12.5. The van der Waals surface area contributed by atoms with E-state index in [-0.39, 0.29) is 5.56 Å². The van der Waals surface area contributed by atoms with Gasteiger partial charge in [-0.2, -0.15) is 0 Å². The van der Waals surface area contributed by atoms with E-state index in [4.69, 9.17) is 34.7 Å². The number of carbonyl (C=O) groups excluding carboxylic acids is 1. The van der Waals surface area contributed by atoms with E-state index >= 15 is 0 Å². The Morgan fingerprint density at radius 1 is 1.29 bits per heavy atom. The van der Waals surface area contributed by atoms with Gasteiger partial charge in [0.1, 0.15) is 5.82 Å². The second-order valence-corrected chi connectivity index (χ2v) is 5.29. The number of nitrogens with zero attached hydrogens (tertiary/aromatic N) is 1. The summed E-state index contributed by atoms with van der Waals surface area (Å²) in [4.78, 5) is 15.4. The fourth-order valence-corrected chi connectivity index (χ4v) is 2.35. The Hall–Kier alpha value is -1.98. The lowest BCUT2D eigenvalue weighted by Crippen LogP contribution is -2.17. The van der Waals surface area contributed by atoms with Gasteiger partial charge in [-0.1, -0.05) is 29.3 Å². The third-order valence-corrected chi connectivity index (χ3v) is 3.46. The van der Waals surface area contributed by atoms with Crippen molar-refractivity contribution in [2.24, 2.45) is 5.73 Å². The molecule has 0 aliphatic rings. The van der Waals surface area contributed by atoms with Crippen LogP contribution in [0.25, 0.3) is 0 Å². The molecule has 2 rings (SSSR count). The maximum absolute atomic E-state index is 11.3. The zero-order valence-corrected chi connectivity index (χ0v) is 12.6. The minimum absolute atomic E-state index is 0.261. The molecule has 5 N–H and O–H groups in total. The number of aromatic nitrogens is 1. The van der Waals surface area contributed by atoms with E-state index in [1.165, 1.54) is 12.3 Å². The molecule has 0 saturated carbocycles. The highest BCUT2D eigenvalue weighted by Crippen LogP contribution is 2.21. The van der Waals surface area contributed by atoms with Gasteiger partial charge < -0.3 is 16.8 Å². The van der Waals surface area contributed by atoms with E-state index in [1.807, 2.05) is 6.07 Å². The average molecular weight is 325 g/mol. The molecule has 2 aromatic rings. The number of rotatable bonds is 5. The number of hydrogen-bond donors (Lipinski definition) is 3. The van der Waals surface area contributed by atoms with Crippen molar-refractivity contribution >= 4 is 40.6 Å². The molecule has 0 fully saturated rings. The van der Waals surface area contributed by atoms with E-state index in [1.54, 1.807) is 12.1 Å². The number of hydrogen-bond acceptors (Lipinski definition) is 4. The van der Waals surface area contributed by atoms with Gasteiger partial charge in [-0.3, -0.25) is 4.79 Å². The molecule has 1 aromatic heterocycles. The number of amides is 1. The van der Waals surface area contributed by atoms with Crippen molar-refractivity contribution in [3.8, 4) is 0 Å². The SMILES string of the molecule is NC(=O)c1cc(N)cnc1NCCc1ccc(Cl)cc1Cl. The fourth-order valence-electron chi connectivity index (χ4n) is 1.85. The summed E-state index contributed by atoms with van der Waals surface area (Å²) in [5.74, 6) is -0.177. The highest BCUT2D eigenvalue weighted by atomic mass is 35.5. The fraction of sp³-hybridized carbons (Fsp3) is 0.143. The number of benzene rings is 1. The minimum atomic E-state index is -0.582. The number of pyridine rings is 1. The first-order valence-corrected chi connectivity index (χ1v) is 6.96.